The van der Waals surface area contributed by atoms with Crippen molar-refractivity contribution in [2.75, 3.05) is 11.5 Å². The summed E-state index contributed by atoms with van der Waals surface area (Å²) in [4.78, 5) is 165. The van der Waals surface area contributed by atoms with Crippen LogP contribution < -0.4 is 92.7 Å². The van der Waals surface area contributed by atoms with E-state index in [1.54, 1.807) is 67.6 Å². The predicted molar refractivity (Wildman–Crippen MR) is 379 cm³/mol. The number of aromatic nitrogens is 4. The first-order valence-electron chi connectivity index (χ1n) is 30.4. The predicted octanol–water partition coefficient (Wildman–Crippen LogP) is 7.50. The van der Waals surface area contributed by atoms with Crippen LogP contribution in [0.1, 0.15) is 27.0 Å². The standard InChI is InChI=1S/C55H30N4O11.C12H12N2O.C10H2O6/c1-29-22-32(55(68)70-38-16-10-31(11-17-38)9-8-30-6-4-3-5-7-30)24-35(23-29)59-53(66)45-27-43-44(28-46(45)54(59)67)52(65)58(51(43)64)34-14-20-37(21-15-34)69-36-18-12-33(13-19-36)57-49(62)41-25-39-40(26-42(41)50(57)63)48(61)56(2)47(39)60;13-9-1-5-11(6-2-9)15-12-7-3-10(14)4-8-12;11-7-3-1-4-6(10(14)16-8(4)12)2-5(3)9(13)15-7/h3-7,10-28H,1-2H3;1-8H,13-14H2;1-2H. The summed E-state index contributed by atoms with van der Waals surface area (Å²) < 4.78 is 29.5. The van der Waals surface area contributed by atoms with E-state index in [4.69, 9.17) is 25.7 Å². The molecule has 0 saturated heterocycles. The number of benzene rings is 10. The smallest absolute Gasteiger partial charge is 0.346 e. The molecule has 101 heavy (non-hydrogen) atoms. The van der Waals surface area contributed by atoms with Crippen LogP contribution in [0.2, 0.25) is 0 Å². The van der Waals surface area contributed by atoms with E-state index in [-0.39, 0.29) is 93.0 Å². The van der Waals surface area contributed by atoms with Gasteiger partial charge in [-0.3, -0.25) is 42.9 Å². The van der Waals surface area contributed by atoms with Crippen molar-refractivity contribution in [2.24, 2.45) is 7.05 Å². The second-order valence-corrected chi connectivity index (χ2v) is 23.1. The van der Waals surface area contributed by atoms with E-state index in [0.717, 1.165) is 58.8 Å². The first-order valence-corrected chi connectivity index (χ1v) is 30.4. The molecule has 16 rings (SSSR count). The Bertz CT molecular complexity index is 6520. The number of ether oxygens (including phenoxy) is 3. The highest BCUT2D eigenvalue weighted by molar-refractivity contribution is 6.00. The zero-order chi connectivity index (χ0) is 70.8. The van der Waals surface area contributed by atoms with Crippen molar-refractivity contribution in [3.8, 4) is 57.7 Å². The molecule has 0 aliphatic heterocycles. The number of fused-ring (bicyclic) bond motifs is 6. The first-order chi connectivity index (χ1) is 48.5. The summed E-state index contributed by atoms with van der Waals surface area (Å²) in [6, 6.07) is 54.5. The monoisotopic (exact) mass is 1340 g/mol. The molecule has 24 heteroatoms. The molecule has 6 aromatic heterocycles. The fraction of sp³-hybridized carbons (Fsp3) is 0.0260. The van der Waals surface area contributed by atoms with Crippen LogP contribution in [0.5, 0.6) is 28.7 Å². The van der Waals surface area contributed by atoms with E-state index >= 15 is 0 Å². The third-order valence-corrected chi connectivity index (χ3v) is 16.6. The molecule has 490 valence electrons. The lowest BCUT2D eigenvalue weighted by atomic mass is 10.1. The van der Waals surface area contributed by atoms with E-state index in [0.29, 0.717) is 22.6 Å². The molecule has 0 amide bonds. The second-order valence-electron chi connectivity index (χ2n) is 23.1. The number of nitrogen functional groups attached to an aromatic ring is 2. The van der Waals surface area contributed by atoms with Crippen molar-refractivity contribution in [3.05, 3.63) is 353 Å². The number of rotatable bonds is 9. The van der Waals surface area contributed by atoms with Gasteiger partial charge in [0.05, 0.1) is 87.3 Å². The van der Waals surface area contributed by atoms with Crippen molar-refractivity contribution in [3.63, 3.8) is 0 Å². The van der Waals surface area contributed by atoms with Crippen LogP contribution in [0, 0.1) is 18.8 Å². The van der Waals surface area contributed by atoms with Gasteiger partial charge in [0.2, 0.25) is 0 Å². The van der Waals surface area contributed by atoms with Crippen LogP contribution in [-0.4, -0.2) is 24.2 Å². The van der Waals surface area contributed by atoms with Gasteiger partial charge in [-0.05, 0) is 201 Å². The Morgan fingerprint density at radius 3 is 1.01 bits per heavy atom. The molecule has 4 N–H and O–H groups in total. The molecule has 0 unspecified atom stereocenters. The Hall–Kier alpha value is -14.7. The second kappa shape index (κ2) is 25.1. The van der Waals surface area contributed by atoms with Gasteiger partial charge in [-0.15, -0.1) is 0 Å². The Balaban J connectivity index is 0.000000226. The Labute approximate surface area is 561 Å². The lowest BCUT2D eigenvalue weighted by molar-refractivity contribution is 0.0734. The number of aryl methyl sites for hydroxylation is 1. The molecule has 0 radical (unpaired) electrons. The molecule has 0 atom stereocenters. The van der Waals surface area contributed by atoms with Crippen molar-refractivity contribution < 1.29 is 27.8 Å². The third kappa shape index (κ3) is 11.8. The summed E-state index contributed by atoms with van der Waals surface area (Å²) in [6.45, 7) is 1.69. The average molecular weight is 1340 g/mol. The molecule has 0 bridgehead atoms. The summed E-state index contributed by atoms with van der Waals surface area (Å²) in [5, 5.41) is -0.270. The number of hydrogen-bond acceptors (Lipinski definition) is 20. The highest BCUT2D eigenvalue weighted by Crippen LogP contribution is 2.27. The topological polar surface area (TPSA) is 348 Å². The number of nitrogens with zero attached hydrogens (tertiary/aromatic N) is 4. The fourth-order valence-electron chi connectivity index (χ4n) is 11.6. The first kappa shape index (κ1) is 63.7. The van der Waals surface area contributed by atoms with Crippen molar-refractivity contribution in [2.45, 2.75) is 6.92 Å². The Morgan fingerprint density at radius 2 is 0.644 bits per heavy atom. The SMILES string of the molecule is Cc1cc(C(=O)Oc2ccc(C#Cc3ccccc3)cc2)cc(-n2c(=O)c3cc4c(=O)n(-c5ccc(Oc6ccc(-n7c(=O)c8cc9c(=O)n(C)c(=O)c9cc8c7=O)cc6)cc5)c(=O)c4cc3c2=O)c1.Nc1ccc(Oc2ccc(N)cc2)cc1.O=c1oc(=O)c2cc3c(=O)oc(=O)c3cc12. The van der Waals surface area contributed by atoms with Gasteiger partial charge in [0.1, 0.15) is 28.7 Å². The summed E-state index contributed by atoms with van der Waals surface area (Å²) in [5.41, 5.74) is 6.65. The number of carbonyl (C=O) groups is 1. The molecule has 16 aromatic rings. The van der Waals surface area contributed by atoms with Crippen molar-refractivity contribution in [1.82, 2.24) is 18.3 Å². The molecule has 0 fully saturated rings. The molecular weight excluding hydrogens is 1300 g/mol. The molecule has 6 heterocycles. The van der Waals surface area contributed by atoms with Gasteiger partial charge in [-0.1, -0.05) is 30.0 Å². The Morgan fingerprint density at radius 1 is 0.337 bits per heavy atom. The largest absolute Gasteiger partial charge is 0.457 e. The maximum atomic E-state index is 13.9. The van der Waals surface area contributed by atoms with Gasteiger partial charge in [0, 0.05) is 29.5 Å². The minimum Gasteiger partial charge on any atom is -0.457 e. The van der Waals surface area contributed by atoms with Crippen molar-refractivity contribution in [1.29, 1.82) is 0 Å². The zero-order valence-corrected chi connectivity index (χ0v) is 52.4. The summed E-state index contributed by atoms with van der Waals surface area (Å²) in [6.07, 6.45) is 0. The van der Waals surface area contributed by atoms with Gasteiger partial charge in [0.25, 0.3) is 44.5 Å². The zero-order valence-electron chi connectivity index (χ0n) is 52.4. The maximum Gasteiger partial charge on any atom is 0.346 e. The summed E-state index contributed by atoms with van der Waals surface area (Å²) in [7, 11) is 1.33. The van der Waals surface area contributed by atoms with Gasteiger partial charge < -0.3 is 34.5 Å². The molecule has 10 aromatic carbocycles. The lowest BCUT2D eigenvalue weighted by Gasteiger charge is -2.08. The number of hydrogen-bond donors (Lipinski definition) is 2. The van der Waals surface area contributed by atoms with Gasteiger partial charge in [0.15, 0.2) is 0 Å². The van der Waals surface area contributed by atoms with Crippen LogP contribution in [0.4, 0.5) is 11.4 Å². The van der Waals surface area contributed by atoms with Gasteiger partial charge >= 0.3 is 28.5 Å². The fourth-order valence-corrected chi connectivity index (χ4v) is 11.6. The van der Waals surface area contributed by atoms with Gasteiger partial charge in [-0.25, -0.2) is 37.7 Å². The minimum atomic E-state index is -0.824. The van der Waals surface area contributed by atoms with Crippen LogP contribution in [0.15, 0.2) is 273 Å². The highest BCUT2D eigenvalue weighted by atomic mass is 16.5. The number of anilines is 2. The van der Waals surface area contributed by atoms with E-state index in [1.165, 1.54) is 85.9 Å². The normalized spacial score (nSPS) is 11.2. The lowest BCUT2D eigenvalue weighted by Crippen LogP contribution is -2.24. The number of nitrogens with two attached hydrogens (primary N) is 2. The number of furan rings is 2. The van der Waals surface area contributed by atoms with Crippen LogP contribution >= 0.6 is 0 Å². The maximum absolute atomic E-state index is 13.9. The summed E-state index contributed by atoms with van der Waals surface area (Å²) >= 11 is 0. The van der Waals surface area contributed by atoms with Crippen LogP contribution in [-0.2, 0) is 7.05 Å². The number of esters is 1. The van der Waals surface area contributed by atoms with Crippen LogP contribution in [0.3, 0.4) is 0 Å². The highest BCUT2D eigenvalue weighted by Gasteiger charge is 2.24. The van der Waals surface area contributed by atoms with Crippen LogP contribution in [0.25, 0.3) is 81.7 Å². The minimum absolute atomic E-state index is 0.0102. The van der Waals surface area contributed by atoms with Crippen molar-refractivity contribution >= 4 is 82.0 Å². The van der Waals surface area contributed by atoms with E-state index in [9.17, 15) is 62.3 Å². The van der Waals surface area contributed by atoms with E-state index in [2.05, 4.69) is 20.7 Å². The molecule has 0 aliphatic rings. The average Bonchev–Trinajstić information content (AvgIpc) is 1.58. The molecular formula is C77H44N6O18. The van der Waals surface area contributed by atoms with E-state index in [1.807, 2.05) is 54.6 Å². The van der Waals surface area contributed by atoms with Gasteiger partial charge in [-0.2, -0.15) is 0 Å². The molecule has 0 aliphatic carbocycles. The molecule has 0 saturated carbocycles. The molecule has 0 spiro atoms. The third-order valence-electron chi connectivity index (χ3n) is 16.6. The molecule has 24 nitrogen and oxygen atoms in total. The Kier molecular flexibility index (Phi) is 15.8. The quantitative estimate of drug-likeness (QED) is 0.0611. The van der Waals surface area contributed by atoms with E-state index < -0.39 is 72.9 Å². The number of carbonyl (C=O) groups excluding carboxylic acids is 1. The summed E-state index contributed by atoms with van der Waals surface area (Å²) in [5.74, 6) is 7.81.